The van der Waals surface area contributed by atoms with Crippen LogP contribution in [0.25, 0.3) is 0 Å². The summed E-state index contributed by atoms with van der Waals surface area (Å²) >= 11 is 2.00. The summed E-state index contributed by atoms with van der Waals surface area (Å²) in [6, 6.07) is 0.603. The second-order valence-electron chi connectivity index (χ2n) is 3.33. The molecule has 3 heteroatoms. The Hall–Kier alpha value is 0.270. The van der Waals surface area contributed by atoms with E-state index in [1.807, 2.05) is 11.8 Å². The molecular weight excluding hydrogens is 170 g/mol. The van der Waals surface area contributed by atoms with Gasteiger partial charge in [0.2, 0.25) is 0 Å². The van der Waals surface area contributed by atoms with Crippen molar-refractivity contribution in [1.29, 1.82) is 0 Å². The number of rotatable bonds is 6. The highest BCUT2D eigenvalue weighted by atomic mass is 32.2. The van der Waals surface area contributed by atoms with Crippen LogP contribution in [0.2, 0.25) is 0 Å². The molecule has 0 bridgehead atoms. The second kappa shape index (κ2) is 5.84. The lowest BCUT2D eigenvalue weighted by Crippen LogP contribution is -2.44. The smallest absolute Gasteiger partial charge is 0.0570 e. The lowest BCUT2D eigenvalue weighted by atomic mass is 9.89. The molecule has 2 nitrogen and oxygen atoms in total. The molecule has 0 atom stereocenters. The normalized spacial score (nSPS) is 28.5. The maximum atomic E-state index is 9.01. The molecule has 1 aliphatic rings. The SMILES string of the molecule is CCSCCCNC1CC(O)C1. The van der Waals surface area contributed by atoms with Crippen molar-refractivity contribution in [2.75, 3.05) is 18.1 Å². The molecule has 1 saturated carbocycles. The summed E-state index contributed by atoms with van der Waals surface area (Å²) in [6.07, 6.45) is 3.15. The molecule has 0 radical (unpaired) electrons. The van der Waals surface area contributed by atoms with Gasteiger partial charge in [-0.2, -0.15) is 11.8 Å². The van der Waals surface area contributed by atoms with E-state index in [4.69, 9.17) is 5.11 Å². The van der Waals surface area contributed by atoms with Gasteiger partial charge in [-0.05, 0) is 37.3 Å². The zero-order valence-corrected chi connectivity index (χ0v) is 8.57. The largest absolute Gasteiger partial charge is 0.393 e. The summed E-state index contributed by atoms with van der Waals surface area (Å²) in [7, 11) is 0. The summed E-state index contributed by atoms with van der Waals surface area (Å²) < 4.78 is 0. The Balaban J connectivity index is 1.77. The fraction of sp³-hybridized carbons (Fsp3) is 1.00. The lowest BCUT2D eigenvalue weighted by molar-refractivity contribution is 0.0628. The van der Waals surface area contributed by atoms with Gasteiger partial charge in [0.25, 0.3) is 0 Å². The molecule has 1 rings (SSSR count). The van der Waals surface area contributed by atoms with E-state index in [0.717, 1.165) is 19.4 Å². The third kappa shape index (κ3) is 3.78. The predicted octanol–water partition coefficient (Wildman–Crippen LogP) is 1.24. The Morgan fingerprint density at radius 1 is 1.50 bits per heavy atom. The highest BCUT2D eigenvalue weighted by Gasteiger charge is 2.25. The van der Waals surface area contributed by atoms with Gasteiger partial charge in [-0.1, -0.05) is 6.92 Å². The van der Waals surface area contributed by atoms with Crippen molar-refractivity contribution in [2.45, 2.75) is 38.3 Å². The molecule has 0 spiro atoms. The molecule has 72 valence electrons. The average molecular weight is 189 g/mol. The molecule has 0 unspecified atom stereocenters. The van der Waals surface area contributed by atoms with Crippen LogP contribution in [0.4, 0.5) is 0 Å². The van der Waals surface area contributed by atoms with E-state index in [2.05, 4.69) is 12.2 Å². The molecule has 1 aliphatic carbocycles. The van der Waals surface area contributed by atoms with E-state index in [9.17, 15) is 0 Å². The molecule has 2 N–H and O–H groups in total. The van der Waals surface area contributed by atoms with E-state index in [0.29, 0.717) is 6.04 Å². The maximum absolute atomic E-state index is 9.01. The number of thioether (sulfide) groups is 1. The third-order valence-corrected chi connectivity index (χ3v) is 3.20. The molecule has 1 fully saturated rings. The molecule has 0 aliphatic heterocycles. The Morgan fingerprint density at radius 2 is 2.25 bits per heavy atom. The summed E-state index contributed by atoms with van der Waals surface area (Å²) in [5, 5.41) is 12.5. The van der Waals surface area contributed by atoms with E-state index >= 15 is 0 Å². The molecule has 0 aromatic carbocycles. The topological polar surface area (TPSA) is 32.3 Å². The van der Waals surface area contributed by atoms with Crippen molar-refractivity contribution >= 4 is 11.8 Å². The van der Waals surface area contributed by atoms with Gasteiger partial charge in [-0.25, -0.2) is 0 Å². The van der Waals surface area contributed by atoms with Crippen molar-refractivity contribution in [1.82, 2.24) is 5.32 Å². The van der Waals surface area contributed by atoms with Crippen LogP contribution in [0.15, 0.2) is 0 Å². The van der Waals surface area contributed by atoms with Gasteiger partial charge in [-0.15, -0.1) is 0 Å². The Morgan fingerprint density at radius 3 is 2.83 bits per heavy atom. The number of hydrogen-bond donors (Lipinski definition) is 2. The third-order valence-electron chi connectivity index (χ3n) is 2.22. The average Bonchev–Trinajstić information content (AvgIpc) is 2.00. The van der Waals surface area contributed by atoms with Crippen LogP contribution in [-0.2, 0) is 0 Å². The van der Waals surface area contributed by atoms with Gasteiger partial charge in [0.15, 0.2) is 0 Å². The minimum atomic E-state index is -0.0208. The molecular formula is C9H19NOS. The van der Waals surface area contributed by atoms with Gasteiger partial charge in [0.05, 0.1) is 6.10 Å². The summed E-state index contributed by atoms with van der Waals surface area (Å²) in [5.74, 6) is 2.49. The molecule has 0 amide bonds. The van der Waals surface area contributed by atoms with Crippen molar-refractivity contribution in [3.05, 3.63) is 0 Å². The van der Waals surface area contributed by atoms with Crippen LogP contribution < -0.4 is 5.32 Å². The van der Waals surface area contributed by atoms with Gasteiger partial charge in [-0.3, -0.25) is 0 Å². The van der Waals surface area contributed by atoms with Crippen molar-refractivity contribution < 1.29 is 5.11 Å². The standard InChI is InChI=1S/C9H19NOS/c1-2-12-5-3-4-10-8-6-9(11)7-8/h8-11H,2-7H2,1H3. The Bertz CT molecular complexity index is 115. The summed E-state index contributed by atoms with van der Waals surface area (Å²) in [4.78, 5) is 0. The van der Waals surface area contributed by atoms with Crippen LogP contribution in [0.5, 0.6) is 0 Å². The Kier molecular flexibility index (Phi) is 5.04. The second-order valence-corrected chi connectivity index (χ2v) is 4.72. The quantitative estimate of drug-likeness (QED) is 0.617. The van der Waals surface area contributed by atoms with E-state index in [1.54, 1.807) is 0 Å². The van der Waals surface area contributed by atoms with Gasteiger partial charge >= 0.3 is 0 Å². The predicted molar refractivity (Wildman–Crippen MR) is 54.6 cm³/mol. The number of aliphatic hydroxyl groups excluding tert-OH is 1. The number of hydrogen-bond acceptors (Lipinski definition) is 3. The van der Waals surface area contributed by atoms with Crippen LogP contribution in [0.1, 0.15) is 26.2 Å². The minimum absolute atomic E-state index is 0.0208. The Labute approximate surface area is 79.1 Å². The van der Waals surface area contributed by atoms with Gasteiger partial charge < -0.3 is 10.4 Å². The van der Waals surface area contributed by atoms with Crippen LogP contribution >= 0.6 is 11.8 Å². The highest BCUT2D eigenvalue weighted by molar-refractivity contribution is 7.99. The van der Waals surface area contributed by atoms with E-state index < -0.39 is 0 Å². The van der Waals surface area contributed by atoms with Crippen LogP contribution in [-0.4, -0.2) is 35.3 Å². The monoisotopic (exact) mass is 189 g/mol. The van der Waals surface area contributed by atoms with Crippen molar-refractivity contribution in [3.8, 4) is 0 Å². The first-order valence-corrected chi connectivity index (χ1v) is 5.97. The fourth-order valence-corrected chi connectivity index (χ4v) is 2.02. The van der Waals surface area contributed by atoms with E-state index in [-0.39, 0.29) is 6.10 Å². The summed E-state index contributed by atoms with van der Waals surface area (Å²) in [5.41, 5.74) is 0. The summed E-state index contributed by atoms with van der Waals surface area (Å²) in [6.45, 7) is 3.31. The molecule has 0 aromatic rings. The molecule has 12 heavy (non-hydrogen) atoms. The van der Waals surface area contributed by atoms with Crippen LogP contribution in [0.3, 0.4) is 0 Å². The number of aliphatic hydroxyl groups is 1. The van der Waals surface area contributed by atoms with Crippen LogP contribution in [0, 0.1) is 0 Å². The lowest BCUT2D eigenvalue weighted by Gasteiger charge is -2.32. The molecule has 0 heterocycles. The molecule has 0 aromatic heterocycles. The minimum Gasteiger partial charge on any atom is -0.393 e. The first-order chi connectivity index (χ1) is 5.83. The first kappa shape index (κ1) is 10.4. The number of nitrogens with one attached hydrogen (secondary N) is 1. The van der Waals surface area contributed by atoms with Crippen molar-refractivity contribution in [3.63, 3.8) is 0 Å². The zero-order chi connectivity index (χ0) is 8.81. The maximum Gasteiger partial charge on any atom is 0.0570 e. The van der Waals surface area contributed by atoms with Gasteiger partial charge in [0.1, 0.15) is 0 Å². The van der Waals surface area contributed by atoms with E-state index in [1.165, 1.54) is 17.9 Å². The first-order valence-electron chi connectivity index (χ1n) is 4.82. The highest BCUT2D eigenvalue weighted by Crippen LogP contribution is 2.19. The van der Waals surface area contributed by atoms with Gasteiger partial charge in [0, 0.05) is 6.04 Å². The molecule has 0 saturated heterocycles. The fourth-order valence-electron chi connectivity index (χ4n) is 1.38. The zero-order valence-electron chi connectivity index (χ0n) is 7.75. The van der Waals surface area contributed by atoms with Crippen molar-refractivity contribution in [2.24, 2.45) is 0 Å².